The largest absolute Gasteiger partial charge is 0.347 e. The van der Waals surface area contributed by atoms with Gasteiger partial charge in [0.15, 0.2) is 0 Å². The molecule has 4 nitrogen and oxygen atoms in total. The van der Waals surface area contributed by atoms with E-state index < -0.39 is 0 Å². The van der Waals surface area contributed by atoms with Crippen LogP contribution in [0, 0.1) is 6.92 Å². The lowest BCUT2D eigenvalue weighted by Gasteiger charge is -2.36. The second kappa shape index (κ2) is 6.90. The van der Waals surface area contributed by atoms with Gasteiger partial charge in [-0.1, -0.05) is 6.92 Å². The first-order valence-electron chi connectivity index (χ1n) is 7.74. The van der Waals surface area contributed by atoms with Crippen molar-refractivity contribution in [2.75, 3.05) is 20.6 Å². The van der Waals surface area contributed by atoms with Crippen molar-refractivity contribution in [2.24, 2.45) is 5.73 Å². The van der Waals surface area contributed by atoms with Gasteiger partial charge in [-0.2, -0.15) is 0 Å². The van der Waals surface area contributed by atoms with Crippen LogP contribution in [0.25, 0.3) is 0 Å². The lowest BCUT2D eigenvalue weighted by molar-refractivity contribution is -0.134. The molecule has 0 bridgehead atoms. The third-order valence-electron chi connectivity index (χ3n) is 4.31. The molecule has 1 aromatic rings. The summed E-state index contributed by atoms with van der Waals surface area (Å²) in [4.78, 5) is 19.1. The first kappa shape index (κ1) is 16.5. The highest BCUT2D eigenvalue weighted by Crippen LogP contribution is 2.36. The molecular weight excluding hydrogens is 282 g/mol. The summed E-state index contributed by atoms with van der Waals surface area (Å²) in [6.07, 6.45) is 2.93. The molecule has 1 fully saturated rings. The zero-order valence-corrected chi connectivity index (χ0v) is 14.3. The van der Waals surface area contributed by atoms with Gasteiger partial charge in [0.25, 0.3) is 0 Å². The van der Waals surface area contributed by atoms with Crippen LogP contribution < -0.4 is 5.73 Å². The van der Waals surface area contributed by atoms with Crippen LogP contribution >= 0.6 is 11.3 Å². The highest BCUT2D eigenvalue weighted by atomic mass is 32.1. The maximum Gasteiger partial charge on any atom is 0.239 e. The van der Waals surface area contributed by atoms with Crippen molar-refractivity contribution in [2.45, 2.75) is 51.2 Å². The second-order valence-electron chi connectivity index (χ2n) is 6.09. The topological polar surface area (TPSA) is 49.6 Å². The van der Waals surface area contributed by atoms with E-state index in [1.807, 2.05) is 14.1 Å². The van der Waals surface area contributed by atoms with Gasteiger partial charge in [-0.05, 0) is 44.9 Å². The fourth-order valence-corrected chi connectivity index (χ4v) is 4.22. The van der Waals surface area contributed by atoms with Crippen molar-refractivity contribution in [1.29, 1.82) is 0 Å². The molecule has 1 aliphatic heterocycles. The number of likely N-dealkylation sites (tertiary alicyclic amines) is 1. The van der Waals surface area contributed by atoms with Crippen molar-refractivity contribution < 1.29 is 4.79 Å². The molecular formula is C16H27N3OS. The summed E-state index contributed by atoms with van der Waals surface area (Å²) in [6, 6.07) is 4.53. The van der Waals surface area contributed by atoms with E-state index in [0.29, 0.717) is 0 Å². The minimum absolute atomic E-state index is 0.0231. The number of aryl methyl sites for hydroxylation is 1. The molecule has 2 N–H and O–H groups in total. The smallest absolute Gasteiger partial charge is 0.239 e. The first-order valence-corrected chi connectivity index (χ1v) is 8.56. The van der Waals surface area contributed by atoms with Gasteiger partial charge in [0.1, 0.15) is 0 Å². The molecule has 2 rings (SSSR count). The Morgan fingerprint density at radius 1 is 1.52 bits per heavy atom. The van der Waals surface area contributed by atoms with Crippen LogP contribution in [0.2, 0.25) is 0 Å². The van der Waals surface area contributed by atoms with Crippen LogP contribution in [0.5, 0.6) is 0 Å². The van der Waals surface area contributed by atoms with E-state index in [0.717, 1.165) is 25.8 Å². The van der Waals surface area contributed by atoms with Crippen LogP contribution in [0.4, 0.5) is 0 Å². The van der Waals surface area contributed by atoms with Crippen LogP contribution in [0.3, 0.4) is 0 Å². The summed E-state index contributed by atoms with van der Waals surface area (Å²) < 4.78 is 0. The van der Waals surface area contributed by atoms with Crippen LogP contribution in [-0.4, -0.2) is 48.4 Å². The average molecular weight is 309 g/mol. The zero-order chi connectivity index (χ0) is 15.6. The SMILES string of the molecule is CCC(N)C(c1ccc(C)s1)N1CCCC1C(=O)N(C)C. The zero-order valence-electron chi connectivity index (χ0n) is 13.5. The number of carbonyl (C=O) groups excluding carboxylic acids is 1. The molecule has 0 aromatic carbocycles. The molecule has 1 aromatic heterocycles. The summed E-state index contributed by atoms with van der Waals surface area (Å²) >= 11 is 1.80. The van der Waals surface area contributed by atoms with Crippen molar-refractivity contribution in [3.63, 3.8) is 0 Å². The van der Waals surface area contributed by atoms with Gasteiger partial charge in [0, 0.05) is 29.9 Å². The maximum absolute atomic E-state index is 12.5. The molecule has 0 aliphatic carbocycles. The van der Waals surface area contributed by atoms with Crippen molar-refractivity contribution >= 4 is 17.2 Å². The summed E-state index contributed by atoms with van der Waals surface area (Å²) in [5.41, 5.74) is 6.42. The number of hydrogen-bond acceptors (Lipinski definition) is 4. The molecule has 5 heteroatoms. The van der Waals surface area contributed by atoms with Gasteiger partial charge < -0.3 is 10.6 Å². The standard InChI is InChI=1S/C16H27N3OS/c1-5-12(17)15(14-9-8-11(2)21-14)19-10-6-7-13(19)16(20)18(3)4/h8-9,12-13,15H,5-7,10,17H2,1-4H3. The molecule has 118 valence electrons. The number of hydrogen-bond donors (Lipinski definition) is 1. The molecule has 0 saturated carbocycles. The third-order valence-corrected chi connectivity index (χ3v) is 5.38. The van der Waals surface area contributed by atoms with Gasteiger partial charge in [-0.25, -0.2) is 0 Å². The molecule has 1 saturated heterocycles. The van der Waals surface area contributed by atoms with Gasteiger partial charge >= 0.3 is 0 Å². The fourth-order valence-electron chi connectivity index (χ4n) is 3.14. The Morgan fingerprint density at radius 2 is 2.24 bits per heavy atom. The summed E-state index contributed by atoms with van der Waals surface area (Å²) in [6.45, 7) is 5.20. The molecule has 0 spiro atoms. The number of nitrogens with zero attached hydrogens (tertiary/aromatic N) is 2. The Balaban J connectivity index is 2.29. The van der Waals surface area contributed by atoms with E-state index in [2.05, 4.69) is 30.9 Å². The normalized spacial score (nSPS) is 22.2. The number of rotatable bonds is 5. The van der Waals surface area contributed by atoms with Gasteiger partial charge in [-0.3, -0.25) is 9.69 Å². The highest BCUT2D eigenvalue weighted by molar-refractivity contribution is 7.12. The number of nitrogens with two attached hydrogens (primary N) is 1. The Labute approximate surface area is 131 Å². The molecule has 1 amide bonds. The number of thiophene rings is 1. The predicted octanol–water partition coefficient (Wildman–Crippen LogP) is 2.39. The van der Waals surface area contributed by atoms with E-state index >= 15 is 0 Å². The number of likely N-dealkylation sites (N-methyl/N-ethyl adjacent to an activating group) is 1. The van der Waals surface area contributed by atoms with Crippen molar-refractivity contribution in [1.82, 2.24) is 9.80 Å². The van der Waals surface area contributed by atoms with E-state index in [4.69, 9.17) is 5.73 Å². The Morgan fingerprint density at radius 3 is 2.76 bits per heavy atom. The Hall–Kier alpha value is -0.910. The van der Waals surface area contributed by atoms with Gasteiger partial charge in [-0.15, -0.1) is 11.3 Å². The highest BCUT2D eigenvalue weighted by Gasteiger charge is 2.39. The first-order chi connectivity index (χ1) is 9.95. The van der Waals surface area contributed by atoms with Crippen LogP contribution in [0.1, 0.15) is 42.0 Å². The minimum Gasteiger partial charge on any atom is -0.347 e. The predicted molar refractivity (Wildman–Crippen MR) is 88.5 cm³/mol. The molecule has 2 heterocycles. The number of amides is 1. The van der Waals surface area contributed by atoms with E-state index in [9.17, 15) is 4.79 Å². The minimum atomic E-state index is -0.0231. The second-order valence-corrected chi connectivity index (χ2v) is 7.41. The Bertz CT molecular complexity index is 486. The monoisotopic (exact) mass is 309 g/mol. The summed E-state index contributed by atoms with van der Waals surface area (Å²) in [5, 5.41) is 0. The van der Waals surface area contributed by atoms with Gasteiger partial charge in [0.05, 0.1) is 12.1 Å². The van der Waals surface area contributed by atoms with Crippen LogP contribution in [-0.2, 0) is 4.79 Å². The van der Waals surface area contributed by atoms with Crippen molar-refractivity contribution in [3.05, 3.63) is 21.9 Å². The van der Waals surface area contributed by atoms with Gasteiger partial charge in [0.2, 0.25) is 5.91 Å². The lowest BCUT2D eigenvalue weighted by Crippen LogP contribution is -2.48. The van der Waals surface area contributed by atoms with Crippen molar-refractivity contribution in [3.8, 4) is 0 Å². The quantitative estimate of drug-likeness (QED) is 0.908. The molecule has 21 heavy (non-hydrogen) atoms. The summed E-state index contributed by atoms with van der Waals surface area (Å²) in [7, 11) is 3.67. The average Bonchev–Trinajstić information content (AvgIpc) is 3.07. The summed E-state index contributed by atoms with van der Waals surface area (Å²) in [5.74, 6) is 0.203. The van der Waals surface area contributed by atoms with E-state index in [-0.39, 0.29) is 24.0 Å². The maximum atomic E-state index is 12.5. The van der Waals surface area contributed by atoms with E-state index in [1.54, 1.807) is 16.2 Å². The van der Waals surface area contributed by atoms with E-state index in [1.165, 1.54) is 9.75 Å². The molecule has 3 unspecified atom stereocenters. The number of carbonyl (C=O) groups is 1. The molecule has 0 radical (unpaired) electrons. The lowest BCUT2D eigenvalue weighted by atomic mass is 10.0. The fraction of sp³-hybridized carbons (Fsp3) is 0.688. The Kier molecular flexibility index (Phi) is 5.41. The molecule has 1 aliphatic rings. The van der Waals surface area contributed by atoms with Crippen LogP contribution in [0.15, 0.2) is 12.1 Å². The molecule has 3 atom stereocenters. The third kappa shape index (κ3) is 3.47.